The van der Waals surface area contributed by atoms with Crippen LogP contribution in [-0.2, 0) is 6.80 Å². The van der Waals surface area contributed by atoms with Crippen LogP contribution in [0, 0.1) is 0 Å². The summed E-state index contributed by atoms with van der Waals surface area (Å²) in [5.41, 5.74) is 1.61. The number of aromatic nitrogens is 2. The molecule has 0 aliphatic heterocycles. The summed E-state index contributed by atoms with van der Waals surface area (Å²) < 4.78 is 13.4. The number of phenolic OH excluding ortho intramolecular Hbond substituents is 1. The molecular formula is C10H9FN2O. The third kappa shape index (κ3) is 1.59. The molecule has 0 unspecified atom stereocenters. The van der Waals surface area contributed by atoms with Crippen molar-refractivity contribution in [1.82, 2.24) is 9.78 Å². The maximum atomic E-state index is 12.2. The van der Waals surface area contributed by atoms with Crippen molar-refractivity contribution in [3.8, 4) is 16.9 Å². The van der Waals surface area contributed by atoms with Crippen molar-refractivity contribution in [2.45, 2.75) is 6.80 Å². The van der Waals surface area contributed by atoms with E-state index in [0.717, 1.165) is 11.1 Å². The van der Waals surface area contributed by atoms with Gasteiger partial charge in [-0.3, -0.25) is 0 Å². The molecule has 0 aliphatic carbocycles. The molecule has 0 aliphatic rings. The Morgan fingerprint density at radius 1 is 1.36 bits per heavy atom. The number of benzene rings is 1. The molecule has 2 aromatic rings. The molecule has 4 heteroatoms. The molecule has 1 N–H and O–H groups in total. The fraction of sp³-hybridized carbons (Fsp3) is 0.100. The molecule has 0 fully saturated rings. The highest BCUT2D eigenvalue weighted by molar-refractivity contribution is 5.63. The summed E-state index contributed by atoms with van der Waals surface area (Å²) in [6, 6.07) is 6.76. The third-order valence-electron chi connectivity index (χ3n) is 1.94. The fourth-order valence-corrected chi connectivity index (χ4v) is 1.26. The second-order valence-corrected chi connectivity index (χ2v) is 2.94. The predicted molar refractivity (Wildman–Crippen MR) is 50.4 cm³/mol. The summed E-state index contributed by atoms with van der Waals surface area (Å²) in [5.74, 6) is 0.190. The Morgan fingerprint density at radius 2 is 2.21 bits per heavy atom. The third-order valence-corrected chi connectivity index (χ3v) is 1.94. The van der Waals surface area contributed by atoms with Gasteiger partial charge in [-0.05, 0) is 17.7 Å². The fourth-order valence-electron chi connectivity index (χ4n) is 1.26. The molecule has 0 saturated carbocycles. The number of phenols is 1. The van der Waals surface area contributed by atoms with Gasteiger partial charge >= 0.3 is 0 Å². The van der Waals surface area contributed by atoms with E-state index in [1.54, 1.807) is 30.6 Å². The van der Waals surface area contributed by atoms with Crippen LogP contribution < -0.4 is 0 Å². The average Bonchev–Trinajstić information content (AvgIpc) is 2.66. The number of aromatic hydroxyl groups is 1. The molecule has 1 aromatic carbocycles. The molecule has 14 heavy (non-hydrogen) atoms. The molecular weight excluding hydrogens is 183 g/mol. The van der Waals surface area contributed by atoms with E-state index in [-0.39, 0.29) is 5.75 Å². The maximum absolute atomic E-state index is 12.2. The van der Waals surface area contributed by atoms with E-state index < -0.39 is 6.80 Å². The highest BCUT2D eigenvalue weighted by atomic mass is 19.1. The van der Waals surface area contributed by atoms with E-state index in [2.05, 4.69) is 5.10 Å². The van der Waals surface area contributed by atoms with E-state index in [0.29, 0.717) is 0 Å². The zero-order valence-corrected chi connectivity index (χ0v) is 7.39. The van der Waals surface area contributed by atoms with Crippen molar-refractivity contribution in [3.63, 3.8) is 0 Å². The van der Waals surface area contributed by atoms with Crippen LogP contribution >= 0.6 is 0 Å². The minimum atomic E-state index is -0.640. The van der Waals surface area contributed by atoms with Gasteiger partial charge in [-0.2, -0.15) is 5.10 Å². The summed E-state index contributed by atoms with van der Waals surface area (Å²) in [6.07, 6.45) is 3.16. The Kier molecular flexibility index (Phi) is 2.18. The van der Waals surface area contributed by atoms with E-state index in [4.69, 9.17) is 0 Å². The van der Waals surface area contributed by atoms with Gasteiger partial charge in [0, 0.05) is 11.8 Å². The van der Waals surface area contributed by atoms with Gasteiger partial charge in [0.05, 0.1) is 6.20 Å². The van der Waals surface area contributed by atoms with Gasteiger partial charge in [-0.25, -0.2) is 9.07 Å². The van der Waals surface area contributed by atoms with E-state index in [1.165, 1.54) is 4.68 Å². The highest BCUT2D eigenvalue weighted by Crippen LogP contribution is 2.22. The van der Waals surface area contributed by atoms with Gasteiger partial charge in [0.15, 0.2) is 6.80 Å². The SMILES string of the molecule is Oc1cccc(-c2cnn(CF)c2)c1. The van der Waals surface area contributed by atoms with Crippen LogP contribution in [0.4, 0.5) is 4.39 Å². The number of nitrogens with zero attached hydrogens (tertiary/aromatic N) is 2. The van der Waals surface area contributed by atoms with Crippen LogP contribution in [0.5, 0.6) is 5.75 Å². The van der Waals surface area contributed by atoms with Gasteiger partial charge in [0.2, 0.25) is 0 Å². The van der Waals surface area contributed by atoms with Crippen LogP contribution in [0.3, 0.4) is 0 Å². The lowest BCUT2D eigenvalue weighted by molar-refractivity contribution is 0.350. The Hall–Kier alpha value is -1.84. The summed E-state index contributed by atoms with van der Waals surface area (Å²) in [4.78, 5) is 0. The lowest BCUT2D eigenvalue weighted by Crippen LogP contribution is -1.90. The Balaban J connectivity index is 2.39. The second-order valence-electron chi connectivity index (χ2n) is 2.94. The lowest BCUT2D eigenvalue weighted by Gasteiger charge is -1.96. The minimum absolute atomic E-state index is 0.190. The first kappa shape index (κ1) is 8.74. The first-order valence-corrected chi connectivity index (χ1v) is 4.17. The Labute approximate surface area is 80.4 Å². The average molecular weight is 192 g/mol. The number of hydrogen-bond acceptors (Lipinski definition) is 2. The smallest absolute Gasteiger partial charge is 0.181 e. The van der Waals surface area contributed by atoms with Crippen molar-refractivity contribution in [1.29, 1.82) is 0 Å². The highest BCUT2D eigenvalue weighted by Gasteiger charge is 2.01. The number of rotatable bonds is 2. The van der Waals surface area contributed by atoms with Gasteiger partial charge in [0.1, 0.15) is 5.75 Å². The lowest BCUT2D eigenvalue weighted by atomic mass is 10.1. The van der Waals surface area contributed by atoms with Gasteiger partial charge in [-0.15, -0.1) is 0 Å². The largest absolute Gasteiger partial charge is 0.508 e. The van der Waals surface area contributed by atoms with Crippen molar-refractivity contribution >= 4 is 0 Å². The molecule has 0 atom stereocenters. The Morgan fingerprint density at radius 3 is 2.86 bits per heavy atom. The van der Waals surface area contributed by atoms with E-state index >= 15 is 0 Å². The molecule has 0 amide bonds. The van der Waals surface area contributed by atoms with Crippen LogP contribution in [0.1, 0.15) is 0 Å². The van der Waals surface area contributed by atoms with E-state index in [1.807, 2.05) is 6.07 Å². The standard InChI is InChI=1S/C10H9FN2O/c11-7-13-6-9(5-12-13)8-2-1-3-10(14)4-8/h1-6,14H,7H2. The van der Waals surface area contributed by atoms with Gasteiger partial charge < -0.3 is 5.11 Å². The predicted octanol–water partition coefficient (Wildman–Crippen LogP) is 2.18. The zero-order valence-electron chi connectivity index (χ0n) is 7.39. The van der Waals surface area contributed by atoms with Crippen LogP contribution in [0.15, 0.2) is 36.7 Å². The molecule has 0 radical (unpaired) electrons. The number of alkyl halides is 1. The molecule has 2 rings (SSSR count). The van der Waals surface area contributed by atoms with Gasteiger partial charge in [0.25, 0.3) is 0 Å². The summed E-state index contributed by atoms with van der Waals surface area (Å²) in [5, 5.41) is 13.0. The molecule has 3 nitrogen and oxygen atoms in total. The summed E-state index contributed by atoms with van der Waals surface area (Å²) in [7, 11) is 0. The zero-order chi connectivity index (χ0) is 9.97. The first-order chi connectivity index (χ1) is 6.79. The second kappa shape index (κ2) is 3.49. The van der Waals surface area contributed by atoms with Crippen LogP contribution in [0.25, 0.3) is 11.1 Å². The van der Waals surface area contributed by atoms with Crippen LogP contribution in [-0.4, -0.2) is 14.9 Å². The van der Waals surface area contributed by atoms with Crippen molar-refractivity contribution < 1.29 is 9.50 Å². The normalized spacial score (nSPS) is 10.4. The molecule has 0 saturated heterocycles. The molecule has 72 valence electrons. The number of halogens is 1. The quantitative estimate of drug-likeness (QED) is 0.791. The molecule has 1 aromatic heterocycles. The maximum Gasteiger partial charge on any atom is 0.181 e. The van der Waals surface area contributed by atoms with Crippen molar-refractivity contribution in [2.75, 3.05) is 0 Å². The number of hydrogen-bond donors (Lipinski definition) is 1. The molecule has 0 spiro atoms. The van der Waals surface area contributed by atoms with Gasteiger partial charge in [-0.1, -0.05) is 12.1 Å². The molecule has 1 heterocycles. The first-order valence-electron chi connectivity index (χ1n) is 4.17. The monoisotopic (exact) mass is 192 g/mol. The van der Waals surface area contributed by atoms with Crippen molar-refractivity contribution in [2.24, 2.45) is 0 Å². The van der Waals surface area contributed by atoms with Crippen LogP contribution in [0.2, 0.25) is 0 Å². The summed E-state index contributed by atoms with van der Waals surface area (Å²) in [6.45, 7) is -0.640. The van der Waals surface area contributed by atoms with Crippen molar-refractivity contribution in [3.05, 3.63) is 36.7 Å². The topological polar surface area (TPSA) is 38.1 Å². The minimum Gasteiger partial charge on any atom is -0.508 e. The molecule has 0 bridgehead atoms. The summed E-state index contributed by atoms with van der Waals surface area (Å²) >= 11 is 0. The Bertz CT molecular complexity index is 439. The van der Waals surface area contributed by atoms with E-state index in [9.17, 15) is 9.50 Å².